The van der Waals surface area contributed by atoms with Crippen molar-refractivity contribution in [3.8, 4) is 11.3 Å². The minimum absolute atomic E-state index is 0.229. The second-order valence-corrected chi connectivity index (χ2v) is 7.06. The van der Waals surface area contributed by atoms with Crippen molar-refractivity contribution in [2.75, 3.05) is 0 Å². The van der Waals surface area contributed by atoms with Crippen LogP contribution in [-0.2, 0) is 12.8 Å². The molecule has 102 valence electrons. The summed E-state index contributed by atoms with van der Waals surface area (Å²) in [6, 6.07) is 4.97. The Kier molecular flexibility index (Phi) is 2.93. The summed E-state index contributed by atoms with van der Waals surface area (Å²) < 4.78 is 17.0. The third-order valence-corrected chi connectivity index (χ3v) is 5.42. The summed E-state index contributed by atoms with van der Waals surface area (Å²) in [5.74, 6) is -0.229. The molecule has 2 nitrogen and oxygen atoms in total. The molecule has 0 atom stereocenters. The number of thiazole rings is 1. The molecule has 0 aliphatic heterocycles. The van der Waals surface area contributed by atoms with Crippen molar-refractivity contribution >= 4 is 32.2 Å². The molecule has 2 heterocycles. The van der Waals surface area contributed by atoms with Gasteiger partial charge in [0.1, 0.15) is 5.82 Å². The Morgan fingerprint density at radius 2 is 2.10 bits per heavy atom. The first-order valence-corrected chi connectivity index (χ1v) is 8.28. The smallest absolute Gasteiger partial charge is 0.194 e. The molecule has 1 aliphatic carbocycles. The van der Waals surface area contributed by atoms with Gasteiger partial charge < -0.3 is 0 Å². The number of imidazole rings is 1. The van der Waals surface area contributed by atoms with Gasteiger partial charge in [0.15, 0.2) is 4.96 Å². The Morgan fingerprint density at radius 1 is 1.25 bits per heavy atom. The van der Waals surface area contributed by atoms with E-state index in [2.05, 4.69) is 25.3 Å². The highest BCUT2D eigenvalue weighted by molar-refractivity contribution is 9.10. The number of nitrogens with zero attached hydrogens (tertiary/aromatic N) is 2. The molecule has 0 saturated heterocycles. The highest BCUT2D eigenvalue weighted by Gasteiger charge is 2.19. The van der Waals surface area contributed by atoms with E-state index in [-0.39, 0.29) is 5.82 Å². The summed E-state index contributed by atoms with van der Waals surface area (Å²) in [4.78, 5) is 7.03. The fraction of sp³-hybridized carbons (Fsp3) is 0.267. The van der Waals surface area contributed by atoms with Crippen LogP contribution in [0.25, 0.3) is 16.2 Å². The maximum atomic E-state index is 14.0. The molecule has 3 aromatic rings. The summed E-state index contributed by atoms with van der Waals surface area (Å²) >= 11 is 5.13. The van der Waals surface area contributed by atoms with Crippen molar-refractivity contribution < 1.29 is 4.39 Å². The average Bonchev–Trinajstić information content (AvgIpc) is 2.99. The van der Waals surface area contributed by atoms with E-state index < -0.39 is 0 Å². The number of hydrogen-bond donors (Lipinski definition) is 0. The molecule has 0 N–H and O–H groups in total. The van der Waals surface area contributed by atoms with Gasteiger partial charge >= 0.3 is 0 Å². The first-order valence-electron chi connectivity index (χ1n) is 6.67. The molecule has 0 amide bonds. The first kappa shape index (κ1) is 12.5. The van der Waals surface area contributed by atoms with Gasteiger partial charge in [0, 0.05) is 26.8 Å². The van der Waals surface area contributed by atoms with Crippen LogP contribution in [0.1, 0.15) is 23.4 Å². The fourth-order valence-corrected chi connectivity index (χ4v) is 4.34. The number of aromatic nitrogens is 2. The predicted molar refractivity (Wildman–Crippen MR) is 82.8 cm³/mol. The lowest BCUT2D eigenvalue weighted by molar-refractivity contribution is 0.630. The molecule has 20 heavy (non-hydrogen) atoms. The SMILES string of the molecule is Fc1ccc(Br)cc1-c1cn2c3c(sc2n1)CCCC3. The number of benzene rings is 1. The maximum Gasteiger partial charge on any atom is 0.194 e. The molecule has 1 aliphatic rings. The quantitative estimate of drug-likeness (QED) is 0.613. The number of rotatable bonds is 1. The van der Waals surface area contributed by atoms with Crippen molar-refractivity contribution in [2.45, 2.75) is 25.7 Å². The molecular weight excluding hydrogens is 339 g/mol. The van der Waals surface area contributed by atoms with E-state index in [1.165, 1.54) is 29.5 Å². The Bertz CT molecular complexity index is 806. The summed E-state index contributed by atoms with van der Waals surface area (Å²) in [6.45, 7) is 0. The van der Waals surface area contributed by atoms with E-state index in [9.17, 15) is 4.39 Å². The minimum Gasteiger partial charge on any atom is -0.294 e. The summed E-state index contributed by atoms with van der Waals surface area (Å²) in [5, 5.41) is 0. The molecule has 0 radical (unpaired) electrons. The van der Waals surface area contributed by atoms with Gasteiger partial charge in [-0.15, -0.1) is 11.3 Å². The lowest BCUT2D eigenvalue weighted by Crippen LogP contribution is -2.01. The molecule has 5 heteroatoms. The molecule has 4 rings (SSSR count). The van der Waals surface area contributed by atoms with Crippen molar-refractivity contribution in [3.05, 3.63) is 45.3 Å². The standard InChI is InChI=1S/C15H12BrFN2S/c16-9-5-6-11(17)10(7-9)12-8-19-13-3-1-2-4-14(13)20-15(19)18-12/h5-8H,1-4H2. The van der Waals surface area contributed by atoms with Gasteiger partial charge in [-0.05, 0) is 43.9 Å². The first-order chi connectivity index (χ1) is 9.72. The molecule has 0 bridgehead atoms. The normalized spacial score (nSPS) is 14.7. The van der Waals surface area contributed by atoms with Crippen LogP contribution < -0.4 is 0 Å². The number of aryl methyl sites for hydroxylation is 2. The van der Waals surface area contributed by atoms with E-state index in [1.54, 1.807) is 23.5 Å². The average molecular weight is 351 g/mol. The Balaban J connectivity index is 1.89. The summed E-state index contributed by atoms with van der Waals surface area (Å²) in [5.41, 5.74) is 2.63. The highest BCUT2D eigenvalue weighted by Crippen LogP contribution is 2.33. The lowest BCUT2D eigenvalue weighted by atomic mass is 10.0. The number of hydrogen-bond acceptors (Lipinski definition) is 2. The van der Waals surface area contributed by atoms with Crippen LogP contribution in [0.4, 0.5) is 4.39 Å². The molecule has 1 aromatic carbocycles. The molecule has 0 unspecified atom stereocenters. The Labute approximate surface area is 128 Å². The highest BCUT2D eigenvalue weighted by atomic mass is 79.9. The van der Waals surface area contributed by atoms with E-state index in [0.717, 1.165) is 22.3 Å². The van der Waals surface area contributed by atoms with Crippen LogP contribution in [-0.4, -0.2) is 9.38 Å². The third kappa shape index (κ3) is 1.91. The fourth-order valence-electron chi connectivity index (χ4n) is 2.79. The van der Waals surface area contributed by atoms with Crippen LogP contribution >= 0.6 is 27.3 Å². The minimum atomic E-state index is -0.229. The largest absolute Gasteiger partial charge is 0.294 e. The van der Waals surface area contributed by atoms with E-state index in [4.69, 9.17) is 0 Å². The van der Waals surface area contributed by atoms with E-state index >= 15 is 0 Å². The van der Waals surface area contributed by atoms with Crippen LogP contribution in [0.3, 0.4) is 0 Å². The van der Waals surface area contributed by atoms with Crippen LogP contribution in [0.5, 0.6) is 0 Å². The Hall–Kier alpha value is -1.20. The number of halogens is 2. The second kappa shape index (κ2) is 4.67. The monoisotopic (exact) mass is 350 g/mol. The van der Waals surface area contributed by atoms with E-state index in [1.807, 2.05) is 6.20 Å². The van der Waals surface area contributed by atoms with Gasteiger partial charge in [0.25, 0.3) is 0 Å². The molecule has 0 fully saturated rings. The third-order valence-electron chi connectivity index (χ3n) is 3.77. The summed E-state index contributed by atoms with van der Waals surface area (Å²) in [6.07, 6.45) is 6.73. The molecule has 0 saturated carbocycles. The topological polar surface area (TPSA) is 17.3 Å². The summed E-state index contributed by atoms with van der Waals surface area (Å²) in [7, 11) is 0. The van der Waals surface area contributed by atoms with Gasteiger partial charge in [0.05, 0.1) is 5.69 Å². The zero-order valence-corrected chi connectivity index (χ0v) is 13.1. The Morgan fingerprint density at radius 3 is 3.00 bits per heavy atom. The van der Waals surface area contributed by atoms with Crippen molar-refractivity contribution in [1.82, 2.24) is 9.38 Å². The number of fused-ring (bicyclic) bond motifs is 3. The van der Waals surface area contributed by atoms with Gasteiger partial charge in [-0.25, -0.2) is 9.37 Å². The molecular formula is C15H12BrFN2S. The maximum absolute atomic E-state index is 14.0. The van der Waals surface area contributed by atoms with Crippen LogP contribution in [0.2, 0.25) is 0 Å². The second-order valence-electron chi connectivity index (χ2n) is 5.08. The van der Waals surface area contributed by atoms with Gasteiger partial charge in [0.2, 0.25) is 0 Å². The molecule has 2 aromatic heterocycles. The predicted octanol–water partition coefficient (Wildman–Crippen LogP) is 4.84. The van der Waals surface area contributed by atoms with Crippen LogP contribution in [0, 0.1) is 5.82 Å². The van der Waals surface area contributed by atoms with Gasteiger partial charge in [-0.1, -0.05) is 15.9 Å². The zero-order valence-electron chi connectivity index (χ0n) is 10.7. The van der Waals surface area contributed by atoms with Gasteiger partial charge in [-0.3, -0.25) is 4.40 Å². The molecule has 0 spiro atoms. The lowest BCUT2D eigenvalue weighted by Gasteiger charge is -2.09. The van der Waals surface area contributed by atoms with Crippen molar-refractivity contribution in [1.29, 1.82) is 0 Å². The zero-order chi connectivity index (χ0) is 13.7. The van der Waals surface area contributed by atoms with E-state index in [0.29, 0.717) is 11.3 Å². The van der Waals surface area contributed by atoms with Crippen molar-refractivity contribution in [3.63, 3.8) is 0 Å². The van der Waals surface area contributed by atoms with Crippen LogP contribution in [0.15, 0.2) is 28.9 Å². The van der Waals surface area contributed by atoms with Gasteiger partial charge in [-0.2, -0.15) is 0 Å². The van der Waals surface area contributed by atoms with Crippen molar-refractivity contribution in [2.24, 2.45) is 0 Å².